The molecule has 2 aromatic heterocycles. The van der Waals surface area contributed by atoms with Crippen molar-refractivity contribution in [3.05, 3.63) is 58.0 Å². The number of rotatable bonds is 4. The minimum absolute atomic E-state index is 0.00145. The molecule has 0 fully saturated rings. The maximum atomic E-state index is 13.1. The number of benzene rings is 1. The third-order valence-corrected chi connectivity index (χ3v) is 4.75. The van der Waals surface area contributed by atoms with Crippen molar-refractivity contribution in [2.24, 2.45) is 0 Å². The van der Waals surface area contributed by atoms with Crippen LogP contribution in [0.4, 0.5) is 0 Å². The zero-order valence-electron chi connectivity index (χ0n) is 15.6. The summed E-state index contributed by atoms with van der Waals surface area (Å²) in [4.78, 5) is 29.7. The van der Waals surface area contributed by atoms with Gasteiger partial charge in [-0.15, -0.1) is 0 Å². The zero-order valence-corrected chi connectivity index (χ0v) is 15.6. The fraction of sp³-hybridized carbons (Fsp3) is 0.250. The van der Waals surface area contributed by atoms with Gasteiger partial charge in [0.1, 0.15) is 5.65 Å². The lowest BCUT2D eigenvalue weighted by molar-refractivity contribution is -0.135. The van der Waals surface area contributed by atoms with Crippen molar-refractivity contribution in [2.75, 3.05) is 21.3 Å². The Hall–Kier alpha value is -3.55. The quantitative estimate of drug-likeness (QED) is 0.639. The molecule has 0 radical (unpaired) electrons. The van der Waals surface area contributed by atoms with E-state index in [4.69, 9.17) is 18.9 Å². The summed E-state index contributed by atoms with van der Waals surface area (Å²) < 4.78 is 22.9. The summed E-state index contributed by atoms with van der Waals surface area (Å²) >= 11 is 0. The van der Waals surface area contributed by atoms with Crippen molar-refractivity contribution >= 4 is 11.6 Å². The van der Waals surface area contributed by atoms with Gasteiger partial charge in [-0.1, -0.05) is 6.07 Å². The monoisotopic (exact) mass is 382 g/mol. The van der Waals surface area contributed by atoms with Gasteiger partial charge in [0, 0.05) is 12.1 Å². The topological polar surface area (TPSA) is 88.4 Å². The van der Waals surface area contributed by atoms with E-state index < -0.39 is 11.9 Å². The Morgan fingerprint density at radius 2 is 1.79 bits per heavy atom. The maximum absolute atomic E-state index is 13.1. The molecule has 0 saturated heterocycles. The Morgan fingerprint density at radius 3 is 2.43 bits per heavy atom. The van der Waals surface area contributed by atoms with Gasteiger partial charge in [0.25, 0.3) is 5.56 Å². The van der Waals surface area contributed by atoms with E-state index in [1.54, 1.807) is 36.5 Å². The summed E-state index contributed by atoms with van der Waals surface area (Å²) in [6.45, 7) is 0. The number of nitrogens with zero attached hydrogens (tertiary/aromatic N) is 2. The molecule has 1 atom stereocenters. The van der Waals surface area contributed by atoms with Crippen LogP contribution in [0.2, 0.25) is 0 Å². The minimum atomic E-state index is -0.554. The van der Waals surface area contributed by atoms with Crippen LogP contribution in [0.15, 0.2) is 41.3 Å². The van der Waals surface area contributed by atoms with Gasteiger partial charge >= 0.3 is 5.97 Å². The van der Waals surface area contributed by atoms with E-state index in [1.807, 2.05) is 0 Å². The number of ether oxygens (including phenoxy) is 4. The summed E-state index contributed by atoms with van der Waals surface area (Å²) in [6.07, 6.45) is 1.63. The average Bonchev–Trinajstić information content (AvgIpc) is 2.71. The van der Waals surface area contributed by atoms with Crippen molar-refractivity contribution < 1.29 is 23.7 Å². The average molecular weight is 382 g/mol. The third-order valence-electron chi connectivity index (χ3n) is 4.75. The summed E-state index contributed by atoms with van der Waals surface area (Å²) in [7, 11) is 4.53. The van der Waals surface area contributed by atoms with Crippen LogP contribution in [0.1, 0.15) is 23.5 Å². The van der Waals surface area contributed by atoms with E-state index in [-0.39, 0.29) is 17.9 Å². The van der Waals surface area contributed by atoms with Gasteiger partial charge in [0.05, 0.1) is 33.3 Å². The first kappa shape index (κ1) is 17.8. The van der Waals surface area contributed by atoms with Gasteiger partial charge in [-0.2, -0.15) is 4.98 Å². The summed E-state index contributed by atoms with van der Waals surface area (Å²) in [6, 6.07) is 8.64. The summed E-state index contributed by atoms with van der Waals surface area (Å²) in [5.41, 5.74) is 1.11. The molecular formula is C20H18N2O6. The van der Waals surface area contributed by atoms with Crippen LogP contribution in [0.25, 0.3) is 5.65 Å². The van der Waals surface area contributed by atoms with E-state index >= 15 is 0 Å². The molecule has 3 heterocycles. The predicted octanol–water partition coefficient (Wildman–Crippen LogP) is 2.16. The van der Waals surface area contributed by atoms with Crippen molar-refractivity contribution in [3.8, 4) is 23.1 Å². The normalized spacial score (nSPS) is 15.7. The number of fused-ring (bicyclic) bond motifs is 2. The molecule has 0 unspecified atom stereocenters. The highest BCUT2D eigenvalue weighted by Gasteiger charge is 2.34. The van der Waals surface area contributed by atoms with E-state index in [1.165, 1.54) is 25.7 Å². The number of hydrogen-bond donors (Lipinski definition) is 0. The molecule has 0 aliphatic carbocycles. The molecule has 28 heavy (non-hydrogen) atoms. The molecule has 1 aliphatic heterocycles. The summed E-state index contributed by atoms with van der Waals surface area (Å²) in [5.74, 6) is 0.324. The van der Waals surface area contributed by atoms with Crippen LogP contribution in [-0.4, -0.2) is 36.7 Å². The number of esters is 1. The zero-order chi connectivity index (χ0) is 19.8. The highest BCUT2D eigenvalue weighted by Crippen LogP contribution is 2.43. The standard InChI is InChI=1S/C20H18N2O6/c1-25-13-8-11(9-14(26-2)18(13)27-3)12-10-16(23)28-19-17(12)20(24)22-7-5-4-6-15(22)21-19/h4-9,12H,10H2,1-3H3/t12-/m0/s1. The molecule has 8 heteroatoms. The lowest BCUT2D eigenvalue weighted by Crippen LogP contribution is -2.31. The molecule has 0 N–H and O–H groups in total. The molecule has 0 bridgehead atoms. The van der Waals surface area contributed by atoms with Crippen LogP contribution in [0, 0.1) is 0 Å². The Balaban J connectivity index is 1.97. The van der Waals surface area contributed by atoms with E-state index in [0.717, 1.165) is 0 Å². The molecule has 1 aromatic carbocycles. The molecule has 0 spiro atoms. The van der Waals surface area contributed by atoms with Crippen molar-refractivity contribution in [1.82, 2.24) is 9.38 Å². The lowest BCUT2D eigenvalue weighted by atomic mass is 9.87. The molecule has 0 saturated carbocycles. The fourth-order valence-corrected chi connectivity index (χ4v) is 3.46. The highest BCUT2D eigenvalue weighted by atomic mass is 16.5. The Kier molecular flexibility index (Phi) is 4.38. The highest BCUT2D eigenvalue weighted by molar-refractivity contribution is 5.77. The lowest BCUT2D eigenvalue weighted by Gasteiger charge is -2.25. The van der Waals surface area contributed by atoms with E-state index in [2.05, 4.69) is 4.98 Å². The number of methoxy groups -OCH3 is 3. The van der Waals surface area contributed by atoms with Crippen LogP contribution in [-0.2, 0) is 4.79 Å². The molecule has 4 rings (SSSR count). The first-order valence-corrected chi connectivity index (χ1v) is 8.59. The van der Waals surface area contributed by atoms with Gasteiger partial charge in [-0.05, 0) is 29.8 Å². The van der Waals surface area contributed by atoms with Crippen molar-refractivity contribution in [2.45, 2.75) is 12.3 Å². The first-order valence-electron chi connectivity index (χ1n) is 8.59. The SMILES string of the molecule is COc1cc([C@@H]2CC(=O)Oc3nc4ccccn4c(=O)c32)cc(OC)c1OC. The molecular weight excluding hydrogens is 364 g/mol. The van der Waals surface area contributed by atoms with Crippen molar-refractivity contribution in [1.29, 1.82) is 0 Å². The Morgan fingerprint density at radius 1 is 1.07 bits per heavy atom. The largest absolute Gasteiger partial charge is 0.493 e. The van der Waals surface area contributed by atoms with Crippen LogP contribution in [0.3, 0.4) is 0 Å². The molecule has 144 valence electrons. The van der Waals surface area contributed by atoms with Crippen LogP contribution in [0.5, 0.6) is 23.1 Å². The first-order chi connectivity index (χ1) is 13.6. The maximum Gasteiger partial charge on any atom is 0.313 e. The molecule has 1 aliphatic rings. The van der Waals surface area contributed by atoms with Gasteiger partial charge in [-0.3, -0.25) is 14.0 Å². The van der Waals surface area contributed by atoms with Crippen LogP contribution >= 0.6 is 0 Å². The number of carbonyl (C=O) groups is 1. The number of hydrogen-bond acceptors (Lipinski definition) is 7. The second-order valence-electron chi connectivity index (χ2n) is 6.25. The van der Waals surface area contributed by atoms with Crippen LogP contribution < -0.4 is 24.5 Å². The minimum Gasteiger partial charge on any atom is -0.493 e. The predicted molar refractivity (Wildman–Crippen MR) is 99.7 cm³/mol. The molecule has 3 aromatic rings. The number of carbonyl (C=O) groups excluding carboxylic acids is 1. The van der Waals surface area contributed by atoms with Gasteiger partial charge < -0.3 is 18.9 Å². The fourth-order valence-electron chi connectivity index (χ4n) is 3.46. The van der Waals surface area contributed by atoms with Gasteiger partial charge in [0.2, 0.25) is 11.6 Å². The second kappa shape index (κ2) is 6.88. The number of aromatic nitrogens is 2. The van der Waals surface area contributed by atoms with E-state index in [9.17, 15) is 9.59 Å². The Labute approximate surface area is 160 Å². The molecule has 8 nitrogen and oxygen atoms in total. The molecule has 0 amide bonds. The van der Waals surface area contributed by atoms with Crippen molar-refractivity contribution in [3.63, 3.8) is 0 Å². The summed E-state index contributed by atoms with van der Waals surface area (Å²) in [5, 5.41) is 0. The smallest absolute Gasteiger partial charge is 0.313 e. The Bertz CT molecular complexity index is 1110. The van der Waals surface area contributed by atoms with E-state index in [0.29, 0.717) is 34.0 Å². The van der Waals surface area contributed by atoms with Gasteiger partial charge in [-0.25, -0.2) is 0 Å². The second-order valence-corrected chi connectivity index (χ2v) is 6.25. The van der Waals surface area contributed by atoms with Gasteiger partial charge in [0.15, 0.2) is 11.5 Å². The number of pyridine rings is 1. The third kappa shape index (κ3) is 2.74.